The quantitative estimate of drug-likeness (QED) is 0.548. The van der Waals surface area contributed by atoms with E-state index in [1.165, 1.54) is 0 Å². The summed E-state index contributed by atoms with van der Waals surface area (Å²) in [7, 11) is 0. The van der Waals surface area contributed by atoms with Gasteiger partial charge in [-0.05, 0) is 24.3 Å². The first-order valence-corrected chi connectivity index (χ1v) is 9.05. The van der Waals surface area contributed by atoms with Crippen LogP contribution in [0.5, 0.6) is 5.75 Å². The molecule has 0 amide bonds. The normalized spacial score (nSPS) is 15.7. The van der Waals surface area contributed by atoms with E-state index >= 15 is 0 Å². The summed E-state index contributed by atoms with van der Waals surface area (Å²) in [6.07, 6.45) is 0. The van der Waals surface area contributed by atoms with Gasteiger partial charge in [-0.15, -0.1) is 0 Å². The molecule has 6 nitrogen and oxygen atoms in total. The van der Waals surface area contributed by atoms with E-state index in [1.54, 1.807) is 12.1 Å². The number of nitro groups is 1. The van der Waals surface area contributed by atoms with Gasteiger partial charge in [0, 0.05) is 55.9 Å². The summed E-state index contributed by atoms with van der Waals surface area (Å²) in [4.78, 5) is 15.4. The molecule has 0 aromatic heterocycles. The Labute approximate surface area is 158 Å². The summed E-state index contributed by atoms with van der Waals surface area (Å²) in [5, 5.41) is 11.8. The zero-order valence-corrected chi connectivity index (χ0v) is 15.3. The summed E-state index contributed by atoms with van der Waals surface area (Å²) in [6, 6.07) is 14.3. The molecule has 1 heterocycles. The maximum Gasteiger partial charge on any atom is 0.273 e. The van der Waals surface area contributed by atoms with E-state index in [-0.39, 0.29) is 10.6 Å². The van der Waals surface area contributed by atoms with Crippen molar-refractivity contribution in [1.29, 1.82) is 0 Å². The molecule has 138 valence electrons. The van der Waals surface area contributed by atoms with Crippen LogP contribution in [0.3, 0.4) is 0 Å². The van der Waals surface area contributed by atoms with Crippen LogP contribution >= 0.6 is 11.6 Å². The maximum absolute atomic E-state index is 11.1. The molecule has 0 saturated carbocycles. The Balaban J connectivity index is 1.42. The molecular formula is C19H22ClN3O3. The lowest BCUT2D eigenvalue weighted by Gasteiger charge is -2.34. The van der Waals surface area contributed by atoms with Crippen molar-refractivity contribution < 1.29 is 9.66 Å². The van der Waals surface area contributed by atoms with Crippen LogP contribution in [0.15, 0.2) is 48.5 Å². The molecule has 7 heteroatoms. The Bertz CT molecular complexity index is 731. The third-order valence-corrected chi connectivity index (χ3v) is 4.79. The van der Waals surface area contributed by atoms with Crippen LogP contribution in [0.25, 0.3) is 0 Å². The minimum atomic E-state index is -0.306. The molecule has 0 radical (unpaired) electrons. The average Bonchev–Trinajstić information content (AvgIpc) is 2.65. The van der Waals surface area contributed by atoms with Crippen molar-refractivity contribution in [2.75, 3.05) is 39.3 Å². The highest BCUT2D eigenvalue weighted by Crippen LogP contribution is 2.20. The number of para-hydroxylation sites is 1. The fourth-order valence-electron chi connectivity index (χ4n) is 3.06. The van der Waals surface area contributed by atoms with Crippen LogP contribution in [0.1, 0.15) is 5.56 Å². The van der Waals surface area contributed by atoms with Crippen molar-refractivity contribution in [2.24, 2.45) is 0 Å². The van der Waals surface area contributed by atoms with Crippen LogP contribution in [0.4, 0.5) is 5.69 Å². The van der Waals surface area contributed by atoms with Gasteiger partial charge in [0.1, 0.15) is 12.4 Å². The van der Waals surface area contributed by atoms with Crippen molar-refractivity contribution in [1.82, 2.24) is 9.80 Å². The van der Waals surface area contributed by atoms with Gasteiger partial charge in [-0.1, -0.05) is 29.8 Å². The SMILES string of the molecule is O=[N+]([O-])c1ccccc1CN1CCN(CCOc2ccc(Cl)cc2)CC1. The van der Waals surface area contributed by atoms with Crippen molar-refractivity contribution in [2.45, 2.75) is 6.54 Å². The fourth-order valence-corrected chi connectivity index (χ4v) is 3.18. The standard InChI is InChI=1S/C19H22ClN3O3/c20-17-5-7-18(8-6-17)26-14-13-21-9-11-22(12-10-21)15-16-3-1-2-4-19(16)23(24)25/h1-8H,9-15H2. The molecule has 0 N–H and O–H groups in total. The van der Waals surface area contributed by atoms with Crippen molar-refractivity contribution in [3.05, 3.63) is 69.2 Å². The zero-order valence-electron chi connectivity index (χ0n) is 14.5. The summed E-state index contributed by atoms with van der Waals surface area (Å²) in [5.74, 6) is 0.824. The Kier molecular flexibility index (Phi) is 6.44. The van der Waals surface area contributed by atoms with Gasteiger partial charge in [-0.3, -0.25) is 19.9 Å². The Hall–Kier alpha value is -2.15. The van der Waals surface area contributed by atoms with Crippen LogP contribution in [-0.4, -0.2) is 54.1 Å². The van der Waals surface area contributed by atoms with E-state index in [0.29, 0.717) is 18.2 Å². The summed E-state index contributed by atoms with van der Waals surface area (Å²) < 4.78 is 5.74. The summed E-state index contributed by atoms with van der Waals surface area (Å²) in [5.41, 5.74) is 0.975. The number of nitro benzene ring substituents is 1. The number of hydrogen-bond acceptors (Lipinski definition) is 5. The third kappa shape index (κ3) is 5.17. The summed E-state index contributed by atoms with van der Waals surface area (Å²) >= 11 is 5.86. The lowest BCUT2D eigenvalue weighted by molar-refractivity contribution is -0.385. The molecule has 26 heavy (non-hydrogen) atoms. The second kappa shape index (κ2) is 8.98. The number of rotatable bonds is 7. The molecule has 1 fully saturated rings. The van der Waals surface area contributed by atoms with Gasteiger partial charge in [-0.25, -0.2) is 0 Å². The van der Waals surface area contributed by atoms with Crippen molar-refractivity contribution in [3.8, 4) is 5.75 Å². The molecule has 0 spiro atoms. The molecule has 1 saturated heterocycles. The molecule has 0 unspecified atom stereocenters. The molecule has 2 aromatic rings. The lowest BCUT2D eigenvalue weighted by atomic mass is 10.1. The molecule has 1 aliphatic heterocycles. The zero-order chi connectivity index (χ0) is 18.4. The van der Waals surface area contributed by atoms with E-state index in [9.17, 15) is 10.1 Å². The van der Waals surface area contributed by atoms with Gasteiger partial charge in [-0.2, -0.15) is 0 Å². The second-order valence-corrected chi connectivity index (χ2v) is 6.74. The van der Waals surface area contributed by atoms with E-state index in [2.05, 4.69) is 9.80 Å². The number of piperazine rings is 1. The van der Waals surface area contributed by atoms with E-state index in [0.717, 1.165) is 44.0 Å². The molecule has 3 rings (SSSR count). The minimum Gasteiger partial charge on any atom is -0.492 e. The Morgan fingerprint density at radius 1 is 1.00 bits per heavy atom. The van der Waals surface area contributed by atoms with Crippen LogP contribution in [0, 0.1) is 10.1 Å². The first kappa shape index (κ1) is 18.6. The van der Waals surface area contributed by atoms with Crippen LogP contribution < -0.4 is 4.74 Å². The maximum atomic E-state index is 11.1. The monoisotopic (exact) mass is 375 g/mol. The van der Waals surface area contributed by atoms with Crippen molar-refractivity contribution in [3.63, 3.8) is 0 Å². The highest BCUT2D eigenvalue weighted by atomic mass is 35.5. The van der Waals surface area contributed by atoms with Crippen molar-refractivity contribution >= 4 is 17.3 Å². The molecule has 0 bridgehead atoms. The molecule has 1 aliphatic rings. The largest absolute Gasteiger partial charge is 0.492 e. The number of ether oxygens (including phenoxy) is 1. The van der Waals surface area contributed by atoms with Gasteiger partial charge in [0.15, 0.2) is 0 Å². The van der Waals surface area contributed by atoms with Crippen LogP contribution in [-0.2, 0) is 6.54 Å². The van der Waals surface area contributed by atoms with Gasteiger partial charge < -0.3 is 4.74 Å². The number of halogens is 1. The topological polar surface area (TPSA) is 58.9 Å². The van der Waals surface area contributed by atoms with Crippen LogP contribution in [0.2, 0.25) is 5.02 Å². The highest BCUT2D eigenvalue weighted by Gasteiger charge is 2.20. The average molecular weight is 376 g/mol. The molecule has 2 aromatic carbocycles. The van der Waals surface area contributed by atoms with Gasteiger partial charge in [0.25, 0.3) is 5.69 Å². The minimum absolute atomic E-state index is 0.200. The molecular weight excluding hydrogens is 354 g/mol. The predicted octanol–water partition coefficient (Wildman–Crippen LogP) is 3.44. The number of benzene rings is 2. The fraction of sp³-hybridized carbons (Fsp3) is 0.368. The van der Waals surface area contributed by atoms with E-state index in [1.807, 2.05) is 36.4 Å². The first-order chi connectivity index (χ1) is 12.6. The highest BCUT2D eigenvalue weighted by molar-refractivity contribution is 6.30. The third-order valence-electron chi connectivity index (χ3n) is 4.54. The van der Waals surface area contributed by atoms with E-state index in [4.69, 9.17) is 16.3 Å². The predicted molar refractivity (Wildman–Crippen MR) is 102 cm³/mol. The van der Waals surface area contributed by atoms with E-state index < -0.39 is 0 Å². The smallest absolute Gasteiger partial charge is 0.273 e. The molecule has 0 aliphatic carbocycles. The Morgan fingerprint density at radius 2 is 1.65 bits per heavy atom. The molecule has 0 atom stereocenters. The second-order valence-electron chi connectivity index (χ2n) is 6.31. The first-order valence-electron chi connectivity index (χ1n) is 8.67. The lowest BCUT2D eigenvalue weighted by Crippen LogP contribution is -2.47. The number of hydrogen-bond donors (Lipinski definition) is 0. The number of nitrogens with zero attached hydrogens (tertiary/aromatic N) is 3. The van der Waals surface area contributed by atoms with Gasteiger partial charge >= 0.3 is 0 Å². The van der Waals surface area contributed by atoms with Gasteiger partial charge in [0.05, 0.1) is 4.92 Å². The Morgan fingerprint density at radius 3 is 2.35 bits per heavy atom. The van der Waals surface area contributed by atoms with Gasteiger partial charge in [0.2, 0.25) is 0 Å². The summed E-state index contributed by atoms with van der Waals surface area (Å²) in [6.45, 7) is 5.77.